The van der Waals surface area contributed by atoms with E-state index in [-0.39, 0.29) is 11.6 Å². The Hall–Kier alpha value is -5.64. The molecule has 0 saturated carbocycles. The Morgan fingerprint density at radius 1 is 0.326 bits per heavy atom. The van der Waals surface area contributed by atoms with Gasteiger partial charge in [0.2, 0.25) is 11.6 Å². The third kappa shape index (κ3) is 4.40. The summed E-state index contributed by atoms with van der Waals surface area (Å²) in [7, 11) is 12.1. The second kappa shape index (κ2) is 11.7. The zero-order valence-corrected chi connectivity index (χ0v) is 26.7. The molecule has 4 aromatic rings. The Labute approximate surface area is 266 Å². The predicted octanol–water partition coefficient (Wildman–Crippen LogP) is 5.85. The van der Waals surface area contributed by atoms with E-state index in [2.05, 4.69) is 0 Å². The number of carbonyl (C=O) groups excluding carboxylic acids is 2. The predicted molar refractivity (Wildman–Crippen MR) is 170 cm³/mol. The molecule has 0 radical (unpaired) electrons. The lowest BCUT2D eigenvalue weighted by molar-refractivity contribution is 0.102. The Kier molecular flexibility index (Phi) is 7.73. The molecule has 2 aliphatic carbocycles. The molecule has 0 unspecified atom stereocenters. The van der Waals surface area contributed by atoms with Crippen LogP contribution >= 0.6 is 0 Å². The molecular weight excluding hydrogens is 592 g/mol. The molecule has 0 bridgehead atoms. The quantitative estimate of drug-likeness (QED) is 0.205. The first-order valence-electron chi connectivity index (χ1n) is 14.2. The molecule has 0 atom stereocenters. The van der Waals surface area contributed by atoms with Crippen LogP contribution in [0.5, 0.6) is 46.0 Å². The maximum absolute atomic E-state index is 14.4. The van der Waals surface area contributed by atoms with Crippen molar-refractivity contribution in [3.05, 3.63) is 93.0 Å². The lowest BCUT2D eigenvalue weighted by atomic mass is 9.72. The van der Waals surface area contributed by atoms with Crippen LogP contribution in [0.25, 0.3) is 11.1 Å². The van der Waals surface area contributed by atoms with Gasteiger partial charge in [0.25, 0.3) is 0 Å². The van der Waals surface area contributed by atoms with Crippen molar-refractivity contribution in [1.29, 1.82) is 0 Å². The summed E-state index contributed by atoms with van der Waals surface area (Å²) in [5.74, 6) is 2.42. The fourth-order valence-corrected chi connectivity index (χ4v) is 6.28. The Morgan fingerprint density at radius 3 is 0.717 bits per heavy atom. The summed E-state index contributed by atoms with van der Waals surface area (Å²) >= 11 is 0. The van der Waals surface area contributed by atoms with Gasteiger partial charge in [-0.15, -0.1) is 0 Å². The first kappa shape index (κ1) is 30.4. The number of hydrogen-bond acceptors (Lipinski definition) is 10. The summed E-state index contributed by atoms with van der Waals surface area (Å²) in [4.78, 5) is 28.9. The molecule has 6 rings (SSSR count). The van der Waals surface area contributed by atoms with Gasteiger partial charge < -0.3 is 37.9 Å². The van der Waals surface area contributed by atoms with Crippen LogP contribution in [0, 0.1) is 0 Å². The van der Waals surface area contributed by atoms with Crippen molar-refractivity contribution in [2.45, 2.75) is 0 Å². The minimum Gasteiger partial charge on any atom is -0.497 e. The molecule has 0 fully saturated rings. The lowest BCUT2D eigenvalue weighted by Gasteiger charge is -2.32. The second-order valence-corrected chi connectivity index (χ2v) is 10.4. The van der Waals surface area contributed by atoms with E-state index in [0.29, 0.717) is 102 Å². The van der Waals surface area contributed by atoms with Gasteiger partial charge >= 0.3 is 0 Å². The van der Waals surface area contributed by atoms with Gasteiger partial charge in [-0.05, 0) is 35.4 Å². The summed E-state index contributed by atoms with van der Waals surface area (Å²) in [6.07, 6.45) is 0. The molecule has 0 aromatic heterocycles. The number of carbonyl (C=O) groups is 2. The normalized spacial score (nSPS) is 12.8. The van der Waals surface area contributed by atoms with Crippen molar-refractivity contribution in [3.8, 4) is 46.0 Å². The van der Waals surface area contributed by atoms with Gasteiger partial charge in [-0.3, -0.25) is 9.59 Å². The molecule has 0 heterocycles. The summed E-state index contributed by atoms with van der Waals surface area (Å²) < 4.78 is 45.8. The fourth-order valence-electron chi connectivity index (χ4n) is 6.28. The molecule has 0 spiro atoms. The lowest BCUT2D eigenvalue weighted by Crippen LogP contribution is -2.22. The van der Waals surface area contributed by atoms with E-state index in [9.17, 15) is 9.59 Å². The van der Waals surface area contributed by atoms with E-state index < -0.39 is 0 Å². The SMILES string of the molecule is COc1cc(OC)c2c(c1)C(=C1c3cc(OC)cc(OC)c3C(=O)c3c(OC)cc(OC)cc31)c1cc(OC)cc(OC)c1C2=O. The highest BCUT2D eigenvalue weighted by molar-refractivity contribution is 6.29. The van der Waals surface area contributed by atoms with Gasteiger partial charge in [-0.25, -0.2) is 0 Å². The molecule has 0 aliphatic heterocycles. The van der Waals surface area contributed by atoms with E-state index in [1.54, 1.807) is 48.5 Å². The molecule has 10 nitrogen and oxygen atoms in total. The smallest absolute Gasteiger partial charge is 0.201 e. The Balaban J connectivity index is 1.95. The van der Waals surface area contributed by atoms with Gasteiger partial charge in [0.15, 0.2) is 0 Å². The molecule has 46 heavy (non-hydrogen) atoms. The zero-order valence-electron chi connectivity index (χ0n) is 26.7. The van der Waals surface area contributed by atoms with Gasteiger partial charge in [-0.1, -0.05) is 0 Å². The highest BCUT2D eigenvalue weighted by Gasteiger charge is 2.41. The van der Waals surface area contributed by atoms with Crippen LogP contribution in [0.3, 0.4) is 0 Å². The van der Waals surface area contributed by atoms with Gasteiger partial charge in [0, 0.05) is 46.5 Å². The van der Waals surface area contributed by atoms with Crippen LogP contribution < -0.4 is 37.9 Å². The van der Waals surface area contributed by atoms with Crippen LogP contribution in [-0.4, -0.2) is 68.4 Å². The number of methoxy groups -OCH3 is 8. The van der Waals surface area contributed by atoms with Gasteiger partial charge in [0.05, 0.1) is 79.1 Å². The maximum Gasteiger partial charge on any atom is 0.201 e. The summed E-state index contributed by atoms with van der Waals surface area (Å²) in [6.45, 7) is 0. The summed E-state index contributed by atoms with van der Waals surface area (Å²) in [5, 5.41) is 0. The van der Waals surface area contributed by atoms with E-state index in [1.807, 2.05) is 0 Å². The topological polar surface area (TPSA) is 108 Å². The van der Waals surface area contributed by atoms with Crippen molar-refractivity contribution in [1.82, 2.24) is 0 Å². The monoisotopic (exact) mass is 624 g/mol. The van der Waals surface area contributed by atoms with Crippen molar-refractivity contribution in [2.24, 2.45) is 0 Å². The van der Waals surface area contributed by atoms with Crippen LogP contribution in [0.1, 0.15) is 54.1 Å². The van der Waals surface area contributed by atoms with Crippen LogP contribution in [-0.2, 0) is 0 Å². The van der Waals surface area contributed by atoms with Crippen molar-refractivity contribution in [2.75, 3.05) is 56.9 Å². The molecule has 4 aromatic carbocycles. The van der Waals surface area contributed by atoms with Gasteiger partial charge in [-0.2, -0.15) is 0 Å². The summed E-state index contributed by atoms with van der Waals surface area (Å²) in [5.41, 5.74) is 4.39. The molecule has 10 heteroatoms. The number of ether oxygens (including phenoxy) is 8. The minimum absolute atomic E-state index is 0.298. The minimum atomic E-state index is -0.313. The molecule has 0 N–H and O–H groups in total. The van der Waals surface area contributed by atoms with Crippen molar-refractivity contribution >= 4 is 22.7 Å². The average Bonchev–Trinajstić information content (AvgIpc) is 3.10. The number of hydrogen-bond donors (Lipinski definition) is 0. The molecule has 2 aliphatic rings. The van der Waals surface area contributed by atoms with Crippen LogP contribution in [0.2, 0.25) is 0 Å². The first-order chi connectivity index (χ1) is 22.3. The van der Waals surface area contributed by atoms with E-state index in [1.165, 1.54) is 56.9 Å². The third-order valence-electron chi connectivity index (χ3n) is 8.36. The fraction of sp³-hybridized carbons (Fsp3) is 0.222. The van der Waals surface area contributed by atoms with Crippen molar-refractivity contribution < 1.29 is 47.5 Å². The largest absolute Gasteiger partial charge is 0.497 e. The summed E-state index contributed by atoms with van der Waals surface area (Å²) in [6, 6.07) is 13.7. The molecular formula is C36H32O10. The standard InChI is InChI=1S/C36H32O10/c1-39-17-9-21-29(22-10-18(40-2)14-26(44-6)32(22)35(37)31(21)25(13-17)43-5)30-23-11-19(41-3)15-27(45-7)33(23)36(38)34-24(30)12-20(42-4)16-28(34)46-8/h9-16H,1-8H3. The third-order valence-corrected chi connectivity index (χ3v) is 8.36. The van der Waals surface area contributed by atoms with Crippen LogP contribution in [0.15, 0.2) is 48.5 Å². The Morgan fingerprint density at radius 2 is 0.543 bits per heavy atom. The average molecular weight is 625 g/mol. The number of fused-ring (bicyclic) bond motifs is 4. The maximum atomic E-state index is 14.4. The Bertz CT molecular complexity index is 1690. The van der Waals surface area contributed by atoms with Gasteiger partial charge in [0.1, 0.15) is 46.0 Å². The highest BCUT2D eigenvalue weighted by Crippen LogP contribution is 2.54. The first-order valence-corrected chi connectivity index (χ1v) is 14.2. The van der Waals surface area contributed by atoms with Crippen molar-refractivity contribution in [3.63, 3.8) is 0 Å². The van der Waals surface area contributed by atoms with E-state index in [0.717, 1.165) is 0 Å². The highest BCUT2D eigenvalue weighted by atomic mass is 16.5. The number of benzene rings is 4. The number of ketones is 2. The van der Waals surface area contributed by atoms with Crippen LogP contribution in [0.4, 0.5) is 0 Å². The number of rotatable bonds is 8. The van der Waals surface area contributed by atoms with E-state index in [4.69, 9.17) is 37.9 Å². The molecule has 0 saturated heterocycles. The molecule has 0 amide bonds. The van der Waals surface area contributed by atoms with E-state index >= 15 is 0 Å². The zero-order chi connectivity index (χ0) is 32.9. The molecule has 236 valence electrons. The second-order valence-electron chi connectivity index (χ2n) is 10.4.